The van der Waals surface area contributed by atoms with E-state index in [1.165, 1.54) is 85.9 Å². The van der Waals surface area contributed by atoms with E-state index in [1.807, 2.05) is 11.3 Å². The quantitative estimate of drug-likeness (QED) is 0.198. The van der Waals surface area contributed by atoms with Crippen LogP contribution in [0.4, 0.5) is 0 Å². The van der Waals surface area contributed by atoms with Gasteiger partial charge in [0, 0.05) is 53.1 Å². The number of hydrogen-bond donors (Lipinski definition) is 0. The summed E-state index contributed by atoms with van der Waals surface area (Å²) in [5.41, 5.74) is 7.30. The zero-order chi connectivity index (χ0) is 28.1. The van der Waals surface area contributed by atoms with E-state index in [9.17, 15) is 0 Å². The molecule has 7 aromatic carbocycles. The van der Waals surface area contributed by atoms with Crippen molar-refractivity contribution in [2.24, 2.45) is 0 Å². The van der Waals surface area contributed by atoms with Crippen molar-refractivity contribution in [3.63, 3.8) is 0 Å². The van der Waals surface area contributed by atoms with Crippen molar-refractivity contribution in [2.75, 3.05) is 0 Å². The van der Waals surface area contributed by atoms with Gasteiger partial charge in [0.1, 0.15) is 0 Å². The summed E-state index contributed by atoms with van der Waals surface area (Å²) < 4.78 is 7.52. The number of benzene rings is 7. The van der Waals surface area contributed by atoms with Gasteiger partial charge in [-0.15, -0.1) is 11.3 Å². The van der Waals surface area contributed by atoms with Crippen LogP contribution in [0.25, 0.3) is 85.9 Å². The summed E-state index contributed by atoms with van der Waals surface area (Å²) in [7, 11) is 0. The van der Waals surface area contributed by atoms with Crippen LogP contribution < -0.4 is 0 Å². The van der Waals surface area contributed by atoms with E-state index in [0.29, 0.717) is 0 Å². The topological polar surface area (TPSA) is 9.86 Å². The Hall–Kier alpha value is -5.38. The third-order valence-electron chi connectivity index (χ3n) is 9.08. The minimum Gasteiger partial charge on any atom is -0.309 e. The highest BCUT2D eigenvalue weighted by Gasteiger charge is 2.18. The summed E-state index contributed by atoms with van der Waals surface area (Å²) >= 11 is 1.87. The van der Waals surface area contributed by atoms with Gasteiger partial charge in [-0.3, -0.25) is 0 Å². The van der Waals surface area contributed by atoms with E-state index < -0.39 is 0 Å². The molecule has 0 aliphatic carbocycles. The summed E-state index contributed by atoms with van der Waals surface area (Å²) in [6.07, 6.45) is 0. The Bertz CT molecular complexity index is 2720. The van der Waals surface area contributed by atoms with Crippen molar-refractivity contribution in [3.8, 4) is 11.4 Å². The lowest BCUT2D eigenvalue weighted by atomic mass is 10.0. The summed E-state index contributed by atoms with van der Waals surface area (Å²) in [6, 6.07) is 53.5. The summed E-state index contributed by atoms with van der Waals surface area (Å²) in [5.74, 6) is 0. The first-order valence-corrected chi connectivity index (χ1v) is 15.5. The van der Waals surface area contributed by atoms with E-state index in [0.717, 1.165) is 0 Å². The summed E-state index contributed by atoms with van der Waals surface area (Å²) in [4.78, 5) is 0. The Morgan fingerprint density at radius 3 is 1.88 bits per heavy atom. The number of hydrogen-bond acceptors (Lipinski definition) is 1. The smallest absolute Gasteiger partial charge is 0.0547 e. The molecule has 0 unspecified atom stereocenters. The number of thiophene rings is 1. The molecule has 0 spiro atoms. The predicted octanol–water partition coefficient (Wildman–Crippen LogP) is 11.4. The van der Waals surface area contributed by atoms with Crippen LogP contribution in [0, 0.1) is 0 Å². The van der Waals surface area contributed by atoms with Crippen LogP contribution in [0.1, 0.15) is 0 Å². The van der Waals surface area contributed by atoms with Gasteiger partial charge >= 0.3 is 0 Å². The maximum Gasteiger partial charge on any atom is 0.0547 e. The summed E-state index contributed by atoms with van der Waals surface area (Å²) in [5, 5.41) is 10.3. The molecule has 10 rings (SSSR count). The van der Waals surface area contributed by atoms with Crippen LogP contribution in [0.5, 0.6) is 0 Å². The Labute approximate surface area is 251 Å². The number of aromatic nitrogens is 2. The largest absolute Gasteiger partial charge is 0.309 e. The molecule has 3 aromatic heterocycles. The van der Waals surface area contributed by atoms with Crippen molar-refractivity contribution in [1.82, 2.24) is 9.13 Å². The molecule has 43 heavy (non-hydrogen) atoms. The van der Waals surface area contributed by atoms with Crippen molar-refractivity contribution < 1.29 is 0 Å². The Morgan fingerprint density at radius 2 is 1.02 bits per heavy atom. The molecule has 0 aliphatic heterocycles. The molecule has 0 N–H and O–H groups in total. The van der Waals surface area contributed by atoms with Gasteiger partial charge in [-0.1, -0.05) is 84.9 Å². The molecule has 0 saturated heterocycles. The number of fused-ring (bicyclic) bond motifs is 11. The minimum absolute atomic E-state index is 1.18. The van der Waals surface area contributed by atoms with E-state index >= 15 is 0 Å². The Kier molecular flexibility index (Phi) is 4.63. The minimum atomic E-state index is 1.18. The second-order valence-electron chi connectivity index (χ2n) is 11.4. The number of nitrogens with zero attached hydrogens (tertiary/aromatic N) is 2. The van der Waals surface area contributed by atoms with Gasteiger partial charge in [-0.25, -0.2) is 0 Å². The monoisotopic (exact) mass is 564 g/mol. The van der Waals surface area contributed by atoms with Gasteiger partial charge < -0.3 is 9.13 Å². The molecular weight excluding hydrogens is 541 g/mol. The fraction of sp³-hybridized carbons (Fsp3) is 0. The van der Waals surface area contributed by atoms with Crippen LogP contribution in [0.15, 0.2) is 146 Å². The van der Waals surface area contributed by atoms with Crippen LogP contribution in [0.2, 0.25) is 0 Å². The molecule has 3 heteroatoms. The molecule has 3 heterocycles. The zero-order valence-corrected chi connectivity index (χ0v) is 24.0. The molecule has 0 atom stereocenters. The molecule has 0 fully saturated rings. The van der Waals surface area contributed by atoms with Gasteiger partial charge in [-0.05, 0) is 71.4 Å². The second-order valence-corrected chi connectivity index (χ2v) is 12.5. The third kappa shape index (κ3) is 3.17. The fourth-order valence-corrected chi connectivity index (χ4v) is 8.38. The number of para-hydroxylation sites is 3. The van der Waals surface area contributed by atoms with Gasteiger partial charge in [0.05, 0.1) is 22.1 Å². The van der Waals surface area contributed by atoms with E-state index in [4.69, 9.17) is 0 Å². The molecule has 0 bridgehead atoms. The lowest BCUT2D eigenvalue weighted by Crippen LogP contribution is -1.94. The zero-order valence-electron chi connectivity index (χ0n) is 23.2. The van der Waals surface area contributed by atoms with Crippen LogP contribution >= 0.6 is 11.3 Å². The highest BCUT2D eigenvalue weighted by Crippen LogP contribution is 2.42. The normalized spacial score (nSPS) is 12.2. The average molecular weight is 565 g/mol. The molecular formula is C40H24N2S. The lowest BCUT2D eigenvalue weighted by molar-refractivity contribution is 1.18. The number of rotatable bonds is 2. The average Bonchev–Trinajstić information content (AvgIpc) is 3.71. The Balaban J connectivity index is 1.32. The van der Waals surface area contributed by atoms with Gasteiger partial charge in [0.2, 0.25) is 0 Å². The molecule has 10 aromatic rings. The van der Waals surface area contributed by atoms with E-state index in [-0.39, 0.29) is 0 Å². The molecule has 0 aliphatic rings. The first kappa shape index (κ1) is 23.2. The lowest BCUT2D eigenvalue weighted by Gasteiger charge is -2.10. The molecule has 200 valence electrons. The highest BCUT2D eigenvalue weighted by molar-refractivity contribution is 7.25. The van der Waals surface area contributed by atoms with Crippen molar-refractivity contribution in [2.45, 2.75) is 0 Å². The SMILES string of the molecule is c1ccc(-n2c3ccccc3c3cc4ccc5c(c4cc32)c2ccccc2n5-c2ccc3c(c2)sc2ccccc23)cc1. The molecule has 0 amide bonds. The Morgan fingerprint density at radius 1 is 0.349 bits per heavy atom. The van der Waals surface area contributed by atoms with Gasteiger partial charge in [0.25, 0.3) is 0 Å². The third-order valence-corrected chi connectivity index (χ3v) is 10.2. The fourth-order valence-electron chi connectivity index (χ4n) is 7.24. The molecule has 0 saturated carbocycles. The maximum atomic E-state index is 2.45. The molecule has 0 radical (unpaired) electrons. The first-order valence-electron chi connectivity index (χ1n) is 14.7. The van der Waals surface area contributed by atoms with Crippen molar-refractivity contribution in [3.05, 3.63) is 146 Å². The van der Waals surface area contributed by atoms with E-state index in [1.54, 1.807) is 0 Å². The second kappa shape index (κ2) is 8.57. The maximum absolute atomic E-state index is 2.45. The van der Waals surface area contributed by atoms with Crippen LogP contribution in [-0.4, -0.2) is 9.13 Å². The highest BCUT2D eigenvalue weighted by atomic mass is 32.1. The van der Waals surface area contributed by atoms with Crippen molar-refractivity contribution >= 4 is 85.9 Å². The molecule has 2 nitrogen and oxygen atoms in total. The predicted molar refractivity (Wildman–Crippen MR) is 186 cm³/mol. The standard InChI is InChI=1S/C40H24N2S/c1-2-10-26(11-3-1)41-34-15-7-4-12-28(34)33-22-25-18-21-36-40(32(25)24-37(33)41)31-14-5-8-16-35(31)42(36)27-19-20-30-29-13-6-9-17-38(29)43-39(30)23-27/h1-24H. The van der Waals surface area contributed by atoms with Gasteiger partial charge in [0.15, 0.2) is 0 Å². The van der Waals surface area contributed by atoms with E-state index in [2.05, 4.69) is 155 Å². The van der Waals surface area contributed by atoms with Crippen molar-refractivity contribution in [1.29, 1.82) is 0 Å². The van der Waals surface area contributed by atoms with Gasteiger partial charge in [-0.2, -0.15) is 0 Å². The van der Waals surface area contributed by atoms with Crippen LogP contribution in [-0.2, 0) is 0 Å². The van der Waals surface area contributed by atoms with Crippen LogP contribution in [0.3, 0.4) is 0 Å². The first-order chi connectivity index (χ1) is 21.3. The summed E-state index contributed by atoms with van der Waals surface area (Å²) in [6.45, 7) is 0.